The highest BCUT2D eigenvalue weighted by atomic mass is 15.1. The summed E-state index contributed by atoms with van der Waals surface area (Å²) in [4.78, 5) is 16.1. The van der Waals surface area contributed by atoms with Gasteiger partial charge in [0, 0.05) is 43.8 Å². The summed E-state index contributed by atoms with van der Waals surface area (Å²) >= 11 is 0. The number of rotatable bonds is 3. The van der Waals surface area contributed by atoms with Crippen LogP contribution in [0.15, 0.2) is 30.7 Å². The minimum absolute atomic E-state index is 0.801. The molecule has 2 aliphatic rings. The van der Waals surface area contributed by atoms with Crippen molar-refractivity contribution in [2.45, 2.75) is 38.6 Å². The summed E-state index contributed by atoms with van der Waals surface area (Å²) in [6, 6.07) is 3.96. The Hall–Kier alpha value is -1.81. The summed E-state index contributed by atoms with van der Waals surface area (Å²) in [5, 5.41) is 0. The van der Waals surface area contributed by atoms with E-state index < -0.39 is 0 Å². The maximum atomic E-state index is 4.82. The Morgan fingerprint density at radius 1 is 1.18 bits per heavy atom. The second kappa shape index (κ2) is 6.13. The van der Waals surface area contributed by atoms with Gasteiger partial charge in [-0.25, -0.2) is 9.97 Å². The first kappa shape index (κ1) is 13.8. The molecule has 2 aromatic heterocycles. The molecule has 1 aliphatic carbocycles. The lowest BCUT2D eigenvalue weighted by molar-refractivity contribution is 0.211. The van der Waals surface area contributed by atoms with Crippen LogP contribution in [0.1, 0.15) is 36.9 Å². The zero-order valence-corrected chi connectivity index (χ0v) is 12.9. The smallest absolute Gasteiger partial charge is 0.160 e. The third kappa shape index (κ3) is 2.88. The van der Waals surface area contributed by atoms with Crippen molar-refractivity contribution in [1.82, 2.24) is 19.9 Å². The summed E-state index contributed by atoms with van der Waals surface area (Å²) in [7, 11) is 0. The van der Waals surface area contributed by atoms with Crippen LogP contribution in [0.5, 0.6) is 0 Å². The summed E-state index contributed by atoms with van der Waals surface area (Å²) in [6.07, 6.45) is 12.4. The molecule has 22 heavy (non-hydrogen) atoms. The topological polar surface area (TPSA) is 41.9 Å². The van der Waals surface area contributed by atoms with E-state index in [1.807, 2.05) is 24.5 Å². The molecule has 2 aromatic rings. The van der Waals surface area contributed by atoms with Crippen molar-refractivity contribution in [3.63, 3.8) is 0 Å². The Kier molecular flexibility index (Phi) is 3.85. The molecule has 0 aromatic carbocycles. The maximum absolute atomic E-state index is 4.82. The van der Waals surface area contributed by atoms with Gasteiger partial charge in [0.25, 0.3) is 0 Å². The molecule has 0 spiro atoms. The molecule has 0 saturated heterocycles. The van der Waals surface area contributed by atoms with Crippen molar-refractivity contribution in [2.24, 2.45) is 5.92 Å². The monoisotopic (exact) mass is 294 g/mol. The third-order valence-corrected chi connectivity index (χ3v) is 4.94. The first-order chi connectivity index (χ1) is 10.9. The van der Waals surface area contributed by atoms with E-state index in [-0.39, 0.29) is 0 Å². The molecule has 4 nitrogen and oxygen atoms in total. The fourth-order valence-corrected chi connectivity index (χ4v) is 3.71. The van der Waals surface area contributed by atoms with Crippen LogP contribution in [0, 0.1) is 5.92 Å². The molecule has 0 amide bonds. The quantitative estimate of drug-likeness (QED) is 0.872. The second-order valence-electron chi connectivity index (χ2n) is 6.54. The van der Waals surface area contributed by atoms with Gasteiger partial charge in [-0.05, 0) is 42.9 Å². The van der Waals surface area contributed by atoms with Gasteiger partial charge in [0.05, 0.1) is 5.69 Å². The summed E-state index contributed by atoms with van der Waals surface area (Å²) < 4.78 is 0. The summed E-state index contributed by atoms with van der Waals surface area (Å²) in [6.45, 7) is 3.37. The van der Waals surface area contributed by atoms with Crippen molar-refractivity contribution in [3.05, 3.63) is 42.0 Å². The van der Waals surface area contributed by atoms with Gasteiger partial charge in [-0.1, -0.05) is 12.8 Å². The Morgan fingerprint density at radius 3 is 2.91 bits per heavy atom. The van der Waals surface area contributed by atoms with Crippen molar-refractivity contribution >= 4 is 0 Å². The highest BCUT2D eigenvalue weighted by molar-refractivity contribution is 5.53. The zero-order chi connectivity index (χ0) is 14.8. The van der Waals surface area contributed by atoms with Gasteiger partial charge in [-0.3, -0.25) is 9.88 Å². The fourth-order valence-electron chi connectivity index (χ4n) is 3.71. The van der Waals surface area contributed by atoms with Crippen molar-refractivity contribution in [1.29, 1.82) is 0 Å². The van der Waals surface area contributed by atoms with E-state index in [4.69, 9.17) is 4.98 Å². The summed E-state index contributed by atoms with van der Waals surface area (Å²) in [5.41, 5.74) is 3.52. The molecule has 4 heteroatoms. The van der Waals surface area contributed by atoms with Gasteiger partial charge < -0.3 is 0 Å². The Balaban J connectivity index is 1.52. The van der Waals surface area contributed by atoms with Gasteiger partial charge >= 0.3 is 0 Å². The lowest BCUT2D eigenvalue weighted by atomic mass is 10.0. The molecule has 0 unspecified atom stereocenters. The van der Waals surface area contributed by atoms with E-state index in [1.165, 1.54) is 43.5 Å². The number of hydrogen-bond acceptors (Lipinski definition) is 4. The molecular weight excluding hydrogens is 272 g/mol. The number of hydrogen-bond donors (Lipinski definition) is 0. The average molecular weight is 294 g/mol. The predicted octanol–water partition coefficient (Wildman–Crippen LogP) is 3.09. The molecule has 1 aliphatic heterocycles. The Bertz CT molecular complexity index is 635. The SMILES string of the molecule is c1cncc(-c2ncc3c(n2)CN(CC2CCCC2)CC3)c1. The maximum Gasteiger partial charge on any atom is 0.160 e. The number of nitrogens with zero attached hydrogens (tertiary/aromatic N) is 4. The van der Waals surface area contributed by atoms with E-state index in [0.29, 0.717) is 0 Å². The third-order valence-electron chi connectivity index (χ3n) is 4.94. The van der Waals surface area contributed by atoms with Crippen LogP contribution in [0.4, 0.5) is 0 Å². The minimum atomic E-state index is 0.801. The number of pyridine rings is 1. The highest BCUT2D eigenvalue weighted by Gasteiger charge is 2.23. The van der Waals surface area contributed by atoms with Gasteiger partial charge in [-0.15, -0.1) is 0 Å². The molecule has 114 valence electrons. The van der Waals surface area contributed by atoms with Gasteiger partial charge in [0.2, 0.25) is 0 Å². The lowest BCUT2D eigenvalue weighted by Crippen LogP contribution is -2.34. The van der Waals surface area contributed by atoms with Gasteiger partial charge in [-0.2, -0.15) is 0 Å². The zero-order valence-electron chi connectivity index (χ0n) is 12.9. The molecule has 3 heterocycles. The average Bonchev–Trinajstić information content (AvgIpc) is 3.08. The molecule has 0 atom stereocenters. The molecule has 0 N–H and O–H groups in total. The molecule has 4 rings (SSSR count). The first-order valence-corrected chi connectivity index (χ1v) is 8.36. The molecule has 1 fully saturated rings. The first-order valence-electron chi connectivity index (χ1n) is 8.36. The van der Waals surface area contributed by atoms with E-state index in [0.717, 1.165) is 36.8 Å². The number of aromatic nitrogens is 3. The lowest BCUT2D eigenvalue weighted by Gasteiger charge is -2.30. The van der Waals surface area contributed by atoms with Crippen LogP contribution in [-0.4, -0.2) is 32.9 Å². The van der Waals surface area contributed by atoms with Gasteiger partial charge in [0.15, 0.2) is 5.82 Å². The second-order valence-corrected chi connectivity index (χ2v) is 6.54. The molecule has 1 saturated carbocycles. The van der Waals surface area contributed by atoms with Crippen LogP contribution in [0.3, 0.4) is 0 Å². The standard InChI is InChI=1S/C18H22N4/c1-2-5-14(4-1)12-22-9-7-15-11-20-18(21-17(15)13-22)16-6-3-8-19-10-16/h3,6,8,10-11,14H,1-2,4-5,7,9,12-13H2. The van der Waals surface area contributed by atoms with Crippen LogP contribution in [-0.2, 0) is 13.0 Å². The normalized spacial score (nSPS) is 19.3. The van der Waals surface area contributed by atoms with E-state index >= 15 is 0 Å². The Morgan fingerprint density at radius 2 is 2.09 bits per heavy atom. The predicted molar refractivity (Wildman–Crippen MR) is 86.2 cm³/mol. The van der Waals surface area contributed by atoms with Crippen LogP contribution < -0.4 is 0 Å². The van der Waals surface area contributed by atoms with Crippen LogP contribution in [0.25, 0.3) is 11.4 Å². The van der Waals surface area contributed by atoms with Crippen LogP contribution >= 0.6 is 0 Å². The Labute approximate surface area is 131 Å². The van der Waals surface area contributed by atoms with E-state index in [2.05, 4.69) is 14.9 Å². The molecular formula is C18H22N4. The fraction of sp³-hybridized carbons (Fsp3) is 0.500. The largest absolute Gasteiger partial charge is 0.297 e. The van der Waals surface area contributed by atoms with Gasteiger partial charge in [0.1, 0.15) is 0 Å². The van der Waals surface area contributed by atoms with E-state index in [9.17, 15) is 0 Å². The highest BCUT2D eigenvalue weighted by Crippen LogP contribution is 2.27. The molecule has 0 bridgehead atoms. The van der Waals surface area contributed by atoms with E-state index in [1.54, 1.807) is 6.20 Å². The van der Waals surface area contributed by atoms with Crippen LogP contribution in [0.2, 0.25) is 0 Å². The van der Waals surface area contributed by atoms with Crippen molar-refractivity contribution < 1.29 is 0 Å². The minimum Gasteiger partial charge on any atom is -0.297 e. The number of fused-ring (bicyclic) bond motifs is 1. The summed E-state index contributed by atoms with van der Waals surface area (Å²) in [5.74, 6) is 1.70. The molecule has 0 radical (unpaired) electrons. The van der Waals surface area contributed by atoms with Crippen molar-refractivity contribution in [2.75, 3.05) is 13.1 Å². The van der Waals surface area contributed by atoms with Crippen molar-refractivity contribution in [3.8, 4) is 11.4 Å².